The second-order valence-electron chi connectivity index (χ2n) is 4.50. The molecule has 1 fully saturated rings. The number of rotatable bonds is 4. The maximum Gasteiger partial charge on any atom is 0.313 e. The molecule has 0 bridgehead atoms. The molecular weight excluding hydrogens is 268 g/mol. The number of hydrogen-bond donors (Lipinski definition) is 1. The van der Waals surface area contributed by atoms with Crippen LogP contribution >= 0.6 is 11.8 Å². The van der Waals surface area contributed by atoms with Crippen molar-refractivity contribution in [1.82, 2.24) is 9.55 Å². The van der Waals surface area contributed by atoms with E-state index in [-0.39, 0.29) is 23.5 Å². The molecular formula is C12H16N2O4S. The van der Waals surface area contributed by atoms with Crippen LogP contribution in [0.3, 0.4) is 0 Å². The van der Waals surface area contributed by atoms with Gasteiger partial charge in [-0.1, -0.05) is 11.8 Å². The van der Waals surface area contributed by atoms with Crippen LogP contribution in [0.4, 0.5) is 0 Å². The number of carbonyl (C=O) groups is 1. The standard InChI is InChI=1S/C12H16N2O4S/c1-8-6-9(3-5-18-8)14-4-2-10(15)13-12(14)19-7-11(16)17/h2,4,8-9H,3,5-7H2,1H3,(H,16,17). The third-order valence-corrected chi connectivity index (χ3v) is 3.93. The van der Waals surface area contributed by atoms with E-state index in [2.05, 4.69) is 4.98 Å². The average Bonchev–Trinajstić information content (AvgIpc) is 2.36. The molecule has 1 aromatic heterocycles. The molecule has 1 saturated heterocycles. The lowest BCUT2D eigenvalue weighted by Gasteiger charge is -2.30. The Bertz CT molecular complexity index is 517. The van der Waals surface area contributed by atoms with Crippen LogP contribution in [0, 0.1) is 0 Å². The summed E-state index contributed by atoms with van der Waals surface area (Å²) in [7, 11) is 0. The maximum absolute atomic E-state index is 11.3. The summed E-state index contributed by atoms with van der Waals surface area (Å²) in [6.07, 6.45) is 3.54. The molecule has 2 unspecified atom stereocenters. The molecule has 0 aromatic carbocycles. The molecule has 1 aromatic rings. The molecule has 1 aliphatic rings. The largest absolute Gasteiger partial charge is 0.481 e. The molecule has 6 nitrogen and oxygen atoms in total. The normalized spacial score (nSPS) is 23.2. The van der Waals surface area contributed by atoms with Crippen molar-refractivity contribution in [3.63, 3.8) is 0 Å². The summed E-state index contributed by atoms with van der Waals surface area (Å²) in [6.45, 7) is 2.67. The number of ether oxygens (including phenoxy) is 1. The third-order valence-electron chi connectivity index (χ3n) is 2.98. The van der Waals surface area contributed by atoms with Crippen molar-refractivity contribution in [1.29, 1.82) is 0 Å². The van der Waals surface area contributed by atoms with Crippen LogP contribution in [0.5, 0.6) is 0 Å². The second kappa shape index (κ2) is 6.21. The first kappa shape index (κ1) is 14.1. The minimum Gasteiger partial charge on any atom is -0.481 e. The first-order valence-electron chi connectivity index (χ1n) is 6.11. The number of carboxylic acid groups (broad SMARTS) is 1. The van der Waals surface area contributed by atoms with Gasteiger partial charge in [-0.2, -0.15) is 4.98 Å². The Morgan fingerprint density at radius 3 is 3.16 bits per heavy atom. The first-order chi connectivity index (χ1) is 9.06. The summed E-state index contributed by atoms with van der Waals surface area (Å²) in [5, 5.41) is 9.20. The van der Waals surface area contributed by atoms with Gasteiger partial charge in [0.15, 0.2) is 5.16 Å². The Kier molecular flexibility index (Phi) is 4.60. The van der Waals surface area contributed by atoms with E-state index in [1.54, 1.807) is 6.20 Å². The fraction of sp³-hybridized carbons (Fsp3) is 0.583. The van der Waals surface area contributed by atoms with Gasteiger partial charge in [0.25, 0.3) is 5.56 Å². The van der Waals surface area contributed by atoms with Crippen LogP contribution in [0.1, 0.15) is 25.8 Å². The second-order valence-corrected chi connectivity index (χ2v) is 5.44. The van der Waals surface area contributed by atoms with E-state index >= 15 is 0 Å². The molecule has 2 atom stereocenters. The zero-order valence-corrected chi connectivity index (χ0v) is 11.4. The zero-order chi connectivity index (χ0) is 13.8. The van der Waals surface area contributed by atoms with Crippen molar-refractivity contribution < 1.29 is 14.6 Å². The Hall–Kier alpha value is -1.34. The van der Waals surface area contributed by atoms with E-state index in [4.69, 9.17) is 9.84 Å². The summed E-state index contributed by atoms with van der Waals surface area (Å²) < 4.78 is 7.39. The summed E-state index contributed by atoms with van der Waals surface area (Å²) >= 11 is 1.08. The predicted molar refractivity (Wildman–Crippen MR) is 70.5 cm³/mol. The highest BCUT2D eigenvalue weighted by Crippen LogP contribution is 2.28. The van der Waals surface area contributed by atoms with E-state index in [9.17, 15) is 9.59 Å². The van der Waals surface area contributed by atoms with Gasteiger partial charge in [-0.15, -0.1) is 0 Å². The molecule has 104 valence electrons. The zero-order valence-electron chi connectivity index (χ0n) is 10.6. The van der Waals surface area contributed by atoms with E-state index < -0.39 is 5.97 Å². The smallest absolute Gasteiger partial charge is 0.313 e. The van der Waals surface area contributed by atoms with Crippen molar-refractivity contribution in [3.05, 3.63) is 22.6 Å². The number of aliphatic carboxylic acids is 1. The average molecular weight is 284 g/mol. The monoisotopic (exact) mass is 284 g/mol. The lowest BCUT2D eigenvalue weighted by Crippen LogP contribution is -2.27. The molecule has 0 aliphatic carbocycles. The lowest BCUT2D eigenvalue weighted by atomic mass is 10.0. The van der Waals surface area contributed by atoms with Gasteiger partial charge in [0, 0.05) is 24.9 Å². The molecule has 0 amide bonds. The van der Waals surface area contributed by atoms with Gasteiger partial charge < -0.3 is 14.4 Å². The Balaban J connectivity index is 2.22. The van der Waals surface area contributed by atoms with Gasteiger partial charge >= 0.3 is 5.97 Å². The van der Waals surface area contributed by atoms with Crippen molar-refractivity contribution in [2.24, 2.45) is 0 Å². The Morgan fingerprint density at radius 1 is 1.68 bits per heavy atom. The molecule has 1 N–H and O–H groups in total. The lowest BCUT2D eigenvalue weighted by molar-refractivity contribution is -0.133. The van der Waals surface area contributed by atoms with Crippen molar-refractivity contribution >= 4 is 17.7 Å². The van der Waals surface area contributed by atoms with Crippen molar-refractivity contribution in [3.8, 4) is 0 Å². The molecule has 0 spiro atoms. The van der Waals surface area contributed by atoms with Crippen LogP contribution in [0.15, 0.2) is 22.2 Å². The minimum atomic E-state index is -0.921. The minimum absolute atomic E-state index is 0.102. The Labute approximate surface area is 114 Å². The molecule has 7 heteroatoms. The first-order valence-corrected chi connectivity index (χ1v) is 7.10. The number of nitrogens with zero attached hydrogens (tertiary/aromatic N) is 2. The number of carboxylic acids is 1. The van der Waals surface area contributed by atoms with E-state index in [1.165, 1.54) is 6.07 Å². The van der Waals surface area contributed by atoms with Crippen LogP contribution in [0.25, 0.3) is 0 Å². The fourth-order valence-corrected chi connectivity index (χ4v) is 2.90. The van der Waals surface area contributed by atoms with Gasteiger partial charge in [-0.05, 0) is 19.8 Å². The van der Waals surface area contributed by atoms with Gasteiger partial charge in [0.05, 0.1) is 11.9 Å². The highest BCUT2D eigenvalue weighted by molar-refractivity contribution is 7.99. The van der Waals surface area contributed by atoms with Crippen LogP contribution in [-0.2, 0) is 9.53 Å². The number of thioether (sulfide) groups is 1. The third kappa shape index (κ3) is 3.81. The fourth-order valence-electron chi connectivity index (χ4n) is 2.14. The summed E-state index contributed by atoms with van der Waals surface area (Å²) in [5.41, 5.74) is -0.343. The summed E-state index contributed by atoms with van der Waals surface area (Å²) in [6, 6.07) is 1.61. The van der Waals surface area contributed by atoms with Gasteiger partial charge in [0.1, 0.15) is 0 Å². The maximum atomic E-state index is 11.3. The predicted octanol–water partition coefficient (Wildman–Crippen LogP) is 1.16. The SMILES string of the molecule is CC1CC(n2ccc(=O)nc2SCC(=O)O)CCO1. The number of aromatic nitrogens is 2. The topological polar surface area (TPSA) is 81.4 Å². The molecule has 1 aliphatic heterocycles. The summed E-state index contributed by atoms with van der Waals surface area (Å²) in [4.78, 5) is 25.9. The highest BCUT2D eigenvalue weighted by atomic mass is 32.2. The molecule has 0 radical (unpaired) electrons. The van der Waals surface area contributed by atoms with Crippen LogP contribution in [-0.4, -0.2) is 39.1 Å². The van der Waals surface area contributed by atoms with Crippen LogP contribution in [0.2, 0.25) is 0 Å². The van der Waals surface area contributed by atoms with E-state index in [1.807, 2.05) is 11.5 Å². The van der Waals surface area contributed by atoms with Crippen molar-refractivity contribution in [2.75, 3.05) is 12.4 Å². The van der Waals surface area contributed by atoms with Crippen molar-refractivity contribution in [2.45, 2.75) is 37.1 Å². The molecule has 2 rings (SSSR count). The molecule has 2 heterocycles. The Morgan fingerprint density at radius 2 is 2.47 bits per heavy atom. The van der Waals surface area contributed by atoms with Gasteiger partial charge in [0.2, 0.25) is 0 Å². The quantitative estimate of drug-likeness (QED) is 0.660. The summed E-state index contributed by atoms with van der Waals surface area (Å²) in [5.74, 6) is -1.02. The van der Waals surface area contributed by atoms with Gasteiger partial charge in [-0.25, -0.2) is 0 Å². The van der Waals surface area contributed by atoms with E-state index in [0.29, 0.717) is 11.8 Å². The number of hydrogen-bond acceptors (Lipinski definition) is 5. The molecule has 0 saturated carbocycles. The van der Waals surface area contributed by atoms with E-state index in [0.717, 1.165) is 24.6 Å². The van der Waals surface area contributed by atoms with Gasteiger partial charge in [-0.3, -0.25) is 9.59 Å². The highest BCUT2D eigenvalue weighted by Gasteiger charge is 2.22. The molecule has 19 heavy (non-hydrogen) atoms. The van der Waals surface area contributed by atoms with Crippen LogP contribution < -0.4 is 5.56 Å².